The van der Waals surface area contributed by atoms with E-state index in [4.69, 9.17) is 11.6 Å². The first-order valence-corrected chi connectivity index (χ1v) is 18.0. The molecule has 2 amide bonds. The van der Waals surface area contributed by atoms with E-state index in [1.165, 1.54) is 17.3 Å². The number of rotatable bonds is 4. The Labute approximate surface area is 320 Å². The first kappa shape index (κ1) is 42.5. The first-order valence-electron chi connectivity index (χ1n) is 17.6. The fourth-order valence-electron chi connectivity index (χ4n) is 5.53. The molecule has 8 heteroatoms. The highest BCUT2D eigenvalue weighted by Gasteiger charge is 2.34. The highest BCUT2D eigenvalue weighted by Crippen LogP contribution is 2.39. The summed E-state index contributed by atoms with van der Waals surface area (Å²) in [6, 6.07) is 19.5. The summed E-state index contributed by atoms with van der Waals surface area (Å²) in [5.74, 6) is -0.724. The van der Waals surface area contributed by atoms with E-state index in [-0.39, 0.29) is 27.4 Å². The van der Waals surface area contributed by atoms with Gasteiger partial charge >= 0.3 is 0 Å². The van der Waals surface area contributed by atoms with Gasteiger partial charge in [-0.25, -0.2) is 0 Å². The Morgan fingerprint density at radius 2 is 1.02 bits per heavy atom. The van der Waals surface area contributed by atoms with Gasteiger partial charge < -0.3 is 0 Å². The van der Waals surface area contributed by atoms with Gasteiger partial charge in [0.15, 0.2) is 5.78 Å². The van der Waals surface area contributed by atoms with Crippen molar-refractivity contribution in [1.29, 1.82) is 0 Å². The maximum Gasteiger partial charge on any atom is 0.295 e. The molecule has 0 saturated carbocycles. The minimum atomic E-state index is -0.399. The molecule has 4 rings (SSSR count). The molecule has 3 aromatic rings. The van der Waals surface area contributed by atoms with Crippen molar-refractivity contribution in [2.45, 2.75) is 93.9 Å². The highest BCUT2D eigenvalue weighted by atomic mass is 35.5. The van der Waals surface area contributed by atoms with Crippen molar-refractivity contribution in [3.8, 4) is 0 Å². The molecule has 0 saturated heterocycles. The van der Waals surface area contributed by atoms with Crippen LogP contribution >= 0.6 is 11.6 Å². The molecule has 0 unspecified atom stereocenters. The zero-order valence-corrected chi connectivity index (χ0v) is 34.0. The third kappa shape index (κ3) is 12.1. The van der Waals surface area contributed by atoms with E-state index < -0.39 is 11.8 Å². The standard InChI is InChI=1S/C23H27ClN2O.C22H26N2O2/c1-15-19(22(2,3)4)12-16(13-20(15)23(5,6)7)14-25-26-21(27)17-8-10-18(24)11-9-17;1-21(2,3)17-12-15(13-18(19(17)25)22(4,5)6)14-23-24-20(26)16-10-8-7-9-11-16/h8-14H,1H2,2-7H3;7-14H,1-6H3. The zero-order chi connectivity index (χ0) is 39.9. The van der Waals surface area contributed by atoms with Crippen LogP contribution in [0, 0.1) is 10.8 Å². The van der Waals surface area contributed by atoms with Crippen LogP contribution in [0.3, 0.4) is 0 Å². The van der Waals surface area contributed by atoms with Crippen molar-refractivity contribution in [2.75, 3.05) is 0 Å². The lowest BCUT2D eigenvalue weighted by molar-refractivity contribution is -0.114. The molecule has 0 fully saturated rings. The lowest BCUT2D eigenvalue weighted by Crippen LogP contribution is -2.32. The van der Waals surface area contributed by atoms with Crippen molar-refractivity contribution in [3.63, 3.8) is 0 Å². The average molecular weight is 733 g/mol. The molecule has 0 heterocycles. The third-order valence-electron chi connectivity index (χ3n) is 8.44. The van der Waals surface area contributed by atoms with Crippen molar-refractivity contribution >= 4 is 42.0 Å². The Balaban J connectivity index is 0.000000286. The van der Waals surface area contributed by atoms with Crippen LogP contribution < -0.4 is 10.4 Å². The van der Waals surface area contributed by atoms with Crippen LogP contribution in [0.15, 0.2) is 122 Å². The Kier molecular flexibility index (Phi) is 13.5. The summed E-state index contributed by atoms with van der Waals surface area (Å²) in [6.45, 7) is 29.4. The van der Waals surface area contributed by atoms with Gasteiger partial charge in [-0.15, -0.1) is 10.2 Å². The number of hydrogen-bond acceptors (Lipinski definition) is 5. The molecule has 0 aliphatic heterocycles. The van der Waals surface area contributed by atoms with Crippen LogP contribution in [0.4, 0.5) is 0 Å². The number of Topliss-reactive ketones (excluding diaryl/α,β-unsaturated/α-hetero) is 1. The summed E-state index contributed by atoms with van der Waals surface area (Å²) in [6.07, 6.45) is 6.83. The number of carbonyl (C=O) groups is 3. The predicted molar refractivity (Wildman–Crippen MR) is 218 cm³/mol. The van der Waals surface area contributed by atoms with E-state index in [1.54, 1.807) is 54.7 Å². The predicted octanol–water partition coefficient (Wildman–Crippen LogP) is 11.1. The Morgan fingerprint density at radius 3 is 1.43 bits per heavy atom. The summed E-state index contributed by atoms with van der Waals surface area (Å²) in [7, 11) is 0. The van der Waals surface area contributed by atoms with Crippen LogP contribution in [0.2, 0.25) is 5.02 Å². The molecule has 0 N–H and O–H groups in total. The maximum absolute atomic E-state index is 12.9. The summed E-state index contributed by atoms with van der Waals surface area (Å²) in [4.78, 5) is 37.0. The molecule has 1 aliphatic carbocycles. The van der Waals surface area contributed by atoms with E-state index in [2.05, 4.69) is 80.7 Å². The van der Waals surface area contributed by atoms with E-state index in [9.17, 15) is 14.4 Å². The van der Waals surface area contributed by atoms with Crippen LogP contribution in [0.1, 0.15) is 115 Å². The number of halogens is 1. The molecule has 0 atom stereocenters. The number of hydrogen-bond donors (Lipinski definition) is 0. The monoisotopic (exact) mass is 732 g/mol. The normalized spacial score (nSPS) is 14.1. The molecule has 3 aromatic carbocycles. The van der Waals surface area contributed by atoms with Crippen molar-refractivity contribution < 1.29 is 14.4 Å². The summed E-state index contributed by atoms with van der Waals surface area (Å²) in [5.41, 5.74) is 4.87. The zero-order valence-electron chi connectivity index (χ0n) is 33.3. The number of nitrogens with zero attached hydrogens (tertiary/aromatic N) is 4. The summed E-state index contributed by atoms with van der Waals surface area (Å²) >= 11 is 5.84. The fourth-order valence-corrected chi connectivity index (χ4v) is 5.66. The molecule has 0 bridgehead atoms. The van der Waals surface area contributed by atoms with Gasteiger partial charge in [0.25, 0.3) is 11.8 Å². The molecule has 0 spiro atoms. The van der Waals surface area contributed by atoms with Crippen LogP contribution in [0.5, 0.6) is 0 Å². The molecule has 278 valence electrons. The van der Waals surface area contributed by atoms with E-state index in [1.807, 2.05) is 59.8 Å². The second kappa shape index (κ2) is 16.9. The topological polar surface area (TPSA) is 101 Å². The summed E-state index contributed by atoms with van der Waals surface area (Å²) < 4.78 is 0. The van der Waals surface area contributed by atoms with Crippen molar-refractivity contribution in [2.24, 2.45) is 31.3 Å². The molecule has 53 heavy (non-hydrogen) atoms. The number of carbonyl (C=O) groups excluding carboxylic acids is 3. The van der Waals surface area contributed by atoms with Crippen LogP contribution in [-0.2, 0) is 15.6 Å². The third-order valence-corrected chi connectivity index (χ3v) is 8.69. The number of ketones is 1. The molecular formula is C45H53ClN4O3. The quantitative estimate of drug-likeness (QED) is 0.250. The van der Waals surface area contributed by atoms with Gasteiger partial charge in [0, 0.05) is 27.3 Å². The van der Waals surface area contributed by atoms with Crippen LogP contribution in [0.25, 0.3) is 12.8 Å². The second-order valence-corrected chi connectivity index (χ2v) is 17.6. The summed E-state index contributed by atoms with van der Waals surface area (Å²) in [5, 5.41) is 18.0. The Bertz CT molecular complexity index is 2030. The second-order valence-electron chi connectivity index (χ2n) is 17.2. The Morgan fingerprint density at radius 1 is 0.604 bits per heavy atom. The largest absolute Gasteiger partial charge is 0.295 e. The first-order chi connectivity index (χ1) is 24.4. The molecular weight excluding hydrogens is 680 g/mol. The van der Waals surface area contributed by atoms with Gasteiger partial charge in [0.1, 0.15) is 0 Å². The van der Waals surface area contributed by atoms with Gasteiger partial charge in [-0.1, -0.05) is 119 Å². The lowest BCUT2D eigenvalue weighted by Gasteiger charge is -2.31. The highest BCUT2D eigenvalue weighted by molar-refractivity contribution is 6.30. The number of azo groups is 2. The Hall–Kier alpha value is -4.88. The number of allylic oxidation sites excluding steroid dienone is 5. The molecule has 1 aliphatic rings. The van der Waals surface area contributed by atoms with Gasteiger partial charge in [-0.05, 0) is 109 Å². The minimum absolute atomic E-state index is 0.0444. The maximum atomic E-state index is 12.9. The minimum Gasteiger partial charge on any atom is -0.289 e. The molecule has 0 radical (unpaired) electrons. The van der Waals surface area contributed by atoms with Gasteiger partial charge in [-0.2, -0.15) is 10.2 Å². The number of amides is 2. The molecule has 7 nitrogen and oxygen atoms in total. The smallest absolute Gasteiger partial charge is 0.289 e. The van der Waals surface area contributed by atoms with Crippen molar-refractivity contribution in [1.82, 2.24) is 0 Å². The average Bonchev–Trinajstić information content (AvgIpc) is 3.04. The van der Waals surface area contributed by atoms with Crippen molar-refractivity contribution in [3.05, 3.63) is 140 Å². The van der Waals surface area contributed by atoms with Gasteiger partial charge in [0.2, 0.25) is 0 Å². The molecule has 0 aromatic heterocycles. The lowest BCUT2D eigenvalue weighted by atomic mass is 9.72. The van der Waals surface area contributed by atoms with E-state index in [0.29, 0.717) is 16.1 Å². The van der Waals surface area contributed by atoms with E-state index in [0.717, 1.165) is 27.2 Å². The van der Waals surface area contributed by atoms with E-state index >= 15 is 0 Å². The van der Waals surface area contributed by atoms with Gasteiger partial charge in [0.05, 0.1) is 12.4 Å². The SMILES string of the molecule is C=c1c(C(C)(C)C)cc(=CN=NC(=O)c2ccc(Cl)cc2)cc1C(C)(C)C.CC(C)(C)C1=CC(=CN=NC(=O)c2ccccc2)C=C(C(C)(C)C)C1=O. The van der Waals surface area contributed by atoms with Crippen LogP contribution in [-0.4, -0.2) is 17.6 Å². The number of benzene rings is 3. The fraction of sp³-hybridized carbons (Fsp3) is 0.356. The van der Waals surface area contributed by atoms with Gasteiger partial charge in [-0.3, -0.25) is 14.4 Å².